The molecule has 0 aliphatic carbocycles. The molecule has 0 aromatic heterocycles. The van der Waals surface area contributed by atoms with Crippen molar-refractivity contribution in [3.8, 4) is 5.75 Å². The van der Waals surface area contributed by atoms with Crippen molar-refractivity contribution in [1.29, 1.82) is 0 Å². The Kier molecular flexibility index (Phi) is 3.88. The van der Waals surface area contributed by atoms with E-state index >= 15 is 0 Å². The van der Waals surface area contributed by atoms with Gasteiger partial charge in [-0.1, -0.05) is 36.4 Å². The van der Waals surface area contributed by atoms with Gasteiger partial charge in [-0.15, -0.1) is 0 Å². The Balaban J connectivity index is 2.06. The second-order valence-electron chi connectivity index (χ2n) is 4.86. The lowest BCUT2D eigenvalue weighted by Crippen LogP contribution is -2.25. The van der Waals surface area contributed by atoms with Gasteiger partial charge in [-0.25, -0.2) is 0 Å². The molecule has 0 saturated carbocycles. The van der Waals surface area contributed by atoms with Crippen LogP contribution in [0.1, 0.15) is 10.4 Å². The number of aromatic hydroxyl groups is 1. The van der Waals surface area contributed by atoms with Gasteiger partial charge >= 0.3 is 0 Å². The number of phenolic OH excluding ortho intramolecular Hbond substituents is 1. The van der Waals surface area contributed by atoms with Crippen molar-refractivity contribution in [2.45, 2.75) is 0 Å². The van der Waals surface area contributed by atoms with Crippen LogP contribution in [-0.2, 0) is 0 Å². The summed E-state index contributed by atoms with van der Waals surface area (Å²) >= 11 is 0. The average molecular weight is 289 g/mol. The Morgan fingerprint density at radius 2 is 1.14 bits per heavy atom. The van der Waals surface area contributed by atoms with Crippen molar-refractivity contribution in [3.63, 3.8) is 0 Å². The number of anilines is 2. The van der Waals surface area contributed by atoms with E-state index in [-0.39, 0.29) is 11.7 Å². The quantitative estimate of drug-likeness (QED) is 0.777. The zero-order valence-electron chi connectivity index (χ0n) is 11.9. The van der Waals surface area contributed by atoms with Gasteiger partial charge in [0, 0.05) is 16.9 Å². The van der Waals surface area contributed by atoms with Gasteiger partial charge < -0.3 is 5.11 Å². The predicted octanol–water partition coefficient (Wildman–Crippen LogP) is 4.37. The largest absolute Gasteiger partial charge is 0.508 e. The summed E-state index contributed by atoms with van der Waals surface area (Å²) < 4.78 is 0. The van der Waals surface area contributed by atoms with Crippen molar-refractivity contribution in [2.24, 2.45) is 0 Å². The maximum absolute atomic E-state index is 12.9. The topological polar surface area (TPSA) is 40.5 Å². The van der Waals surface area contributed by atoms with Crippen molar-refractivity contribution in [3.05, 3.63) is 90.5 Å². The van der Waals surface area contributed by atoms with E-state index in [0.717, 1.165) is 11.4 Å². The Hall–Kier alpha value is -3.07. The summed E-state index contributed by atoms with van der Waals surface area (Å²) in [5.41, 5.74) is 2.11. The molecule has 0 aliphatic rings. The molecule has 1 N–H and O–H groups in total. The molecule has 0 saturated heterocycles. The molecule has 3 rings (SSSR count). The first kappa shape index (κ1) is 13.9. The van der Waals surface area contributed by atoms with E-state index in [9.17, 15) is 9.90 Å². The van der Waals surface area contributed by atoms with Crippen molar-refractivity contribution < 1.29 is 9.90 Å². The number of amides is 1. The molecular weight excluding hydrogens is 274 g/mol. The zero-order chi connectivity index (χ0) is 15.4. The van der Waals surface area contributed by atoms with Crippen molar-refractivity contribution >= 4 is 17.3 Å². The summed E-state index contributed by atoms with van der Waals surface area (Å²) in [4.78, 5) is 14.6. The first-order chi connectivity index (χ1) is 10.8. The number of phenols is 1. The van der Waals surface area contributed by atoms with Crippen LogP contribution in [-0.4, -0.2) is 11.0 Å². The minimum Gasteiger partial charge on any atom is -0.508 e. The molecule has 0 aliphatic heterocycles. The molecular formula is C19H15NO2. The van der Waals surface area contributed by atoms with Gasteiger partial charge in [0.05, 0.1) is 0 Å². The van der Waals surface area contributed by atoms with Gasteiger partial charge in [0.1, 0.15) is 5.75 Å². The molecule has 0 heterocycles. The minimum absolute atomic E-state index is 0.141. The lowest BCUT2D eigenvalue weighted by atomic mass is 10.1. The van der Waals surface area contributed by atoms with Crippen LogP contribution >= 0.6 is 0 Å². The maximum atomic E-state index is 12.9. The smallest absolute Gasteiger partial charge is 0.262 e. The number of hydrogen-bond donors (Lipinski definition) is 1. The highest BCUT2D eigenvalue weighted by Gasteiger charge is 2.19. The lowest BCUT2D eigenvalue weighted by Gasteiger charge is -2.23. The molecule has 3 nitrogen and oxygen atoms in total. The number of nitrogens with zero attached hydrogens (tertiary/aromatic N) is 1. The van der Waals surface area contributed by atoms with Gasteiger partial charge in [-0.3, -0.25) is 9.69 Å². The van der Waals surface area contributed by atoms with E-state index in [2.05, 4.69) is 0 Å². The maximum Gasteiger partial charge on any atom is 0.262 e. The highest BCUT2D eigenvalue weighted by atomic mass is 16.3. The van der Waals surface area contributed by atoms with Gasteiger partial charge in [-0.05, 0) is 48.5 Å². The van der Waals surface area contributed by atoms with E-state index in [0.29, 0.717) is 5.56 Å². The summed E-state index contributed by atoms with van der Waals surface area (Å²) in [6, 6.07) is 25.3. The van der Waals surface area contributed by atoms with E-state index < -0.39 is 0 Å². The fourth-order valence-corrected chi connectivity index (χ4v) is 2.27. The lowest BCUT2D eigenvalue weighted by molar-refractivity contribution is 0.0999. The Morgan fingerprint density at radius 3 is 1.59 bits per heavy atom. The van der Waals surface area contributed by atoms with Crippen molar-refractivity contribution in [1.82, 2.24) is 0 Å². The van der Waals surface area contributed by atoms with Crippen LogP contribution < -0.4 is 4.90 Å². The second-order valence-corrected chi connectivity index (χ2v) is 4.86. The monoisotopic (exact) mass is 289 g/mol. The second kappa shape index (κ2) is 6.14. The number of carbonyl (C=O) groups excluding carboxylic acids is 1. The zero-order valence-corrected chi connectivity index (χ0v) is 11.9. The summed E-state index contributed by atoms with van der Waals surface area (Å²) in [5, 5.41) is 9.39. The Labute approximate surface area is 129 Å². The molecule has 0 fully saturated rings. The summed E-state index contributed by atoms with van der Waals surface area (Å²) in [5.74, 6) is -0.0000720. The van der Waals surface area contributed by atoms with Crippen LogP contribution in [0.3, 0.4) is 0 Å². The number of hydrogen-bond acceptors (Lipinski definition) is 2. The standard InChI is InChI=1S/C19H15NO2/c21-18-13-11-15(12-14-18)19(22)20(16-7-3-1-4-8-16)17-9-5-2-6-10-17/h1-14,21H. The molecule has 3 aromatic rings. The Morgan fingerprint density at radius 1 is 0.682 bits per heavy atom. The normalized spacial score (nSPS) is 10.2. The van der Waals surface area contributed by atoms with Gasteiger partial charge in [0.15, 0.2) is 0 Å². The van der Waals surface area contributed by atoms with Gasteiger partial charge in [0.2, 0.25) is 0 Å². The number of rotatable bonds is 3. The SMILES string of the molecule is O=C(c1ccc(O)cc1)N(c1ccccc1)c1ccccc1. The average Bonchev–Trinajstić information content (AvgIpc) is 2.57. The van der Waals surface area contributed by atoms with E-state index in [1.165, 1.54) is 12.1 Å². The molecule has 22 heavy (non-hydrogen) atoms. The molecule has 0 radical (unpaired) electrons. The predicted molar refractivity (Wildman–Crippen MR) is 87.5 cm³/mol. The molecule has 3 heteroatoms. The molecule has 1 amide bonds. The molecule has 0 unspecified atom stereocenters. The summed E-state index contributed by atoms with van der Waals surface area (Å²) in [7, 11) is 0. The first-order valence-corrected chi connectivity index (χ1v) is 6.99. The molecule has 108 valence electrons. The fraction of sp³-hybridized carbons (Fsp3) is 0. The van der Waals surface area contributed by atoms with Crippen molar-refractivity contribution in [2.75, 3.05) is 4.90 Å². The van der Waals surface area contributed by atoms with E-state index in [4.69, 9.17) is 0 Å². The molecule has 0 bridgehead atoms. The van der Waals surface area contributed by atoms with Crippen LogP contribution in [0.2, 0.25) is 0 Å². The highest BCUT2D eigenvalue weighted by Crippen LogP contribution is 2.27. The summed E-state index contributed by atoms with van der Waals surface area (Å²) in [6.07, 6.45) is 0. The third kappa shape index (κ3) is 2.83. The van der Waals surface area contributed by atoms with Crippen LogP contribution in [0, 0.1) is 0 Å². The Bertz CT molecular complexity index is 713. The molecule has 0 atom stereocenters. The number of para-hydroxylation sites is 2. The molecule has 0 spiro atoms. The fourth-order valence-electron chi connectivity index (χ4n) is 2.27. The third-order valence-corrected chi connectivity index (χ3v) is 3.35. The van der Waals surface area contributed by atoms with Crippen LogP contribution in [0.15, 0.2) is 84.9 Å². The number of benzene rings is 3. The summed E-state index contributed by atoms with van der Waals surface area (Å²) in [6.45, 7) is 0. The van der Waals surface area contributed by atoms with E-state index in [1.54, 1.807) is 17.0 Å². The van der Waals surface area contributed by atoms with Crippen LogP contribution in [0.25, 0.3) is 0 Å². The first-order valence-electron chi connectivity index (χ1n) is 6.99. The van der Waals surface area contributed by atoms with Crippen LogP contribution in [0.4, 0.5) is 11.4 Å². The van der Waals surface area contributed by atoms with Gasteiger partial charge in [0.25, 0.3) is 5.91 Å². The molecule has 3 aromatic carbocycles. The third-order valence-electron chi connectivity index (χ3n) is 3.35. The van der Waals surface area contributed by atoms with E-state index in [1.807, 2.05) is 60.7 Å². The highest BCUT2D eigenvalue weighted by molar-refractivity contribution is 6.10. The van der Waals surface area contributed by atoms with Crippen LogP contribution in [0.5, 0.6) is 5.75 Å². The van der Waals surface area contributed by atoms with Gasteiger partial charge in [-0.2, -0.15) is 0 Å². The minimum atomic E-state index is -0.141. The number of carbonyl (C=O) groups is 1.